The van der Waals surface area contributed by atoms with Crippen LogP contribution < -0.4 is 5.56 Å². The van der Waals surface area contributed by atoms with E-state index in [0.29, 0.717) is 36.2 Å². The molecular weight excluding hydrogens is 374 g/mol. The van der Waals surface area contributed by atoms with Crippen molar-refractivity contribution in [2.45, 2.75) is 53.1 Å². The SMILES string of the molecule is CCCN(C(=O)C(C)C)C(CC)c1nc2ccccc2c(=O)n1Cc1ccccc1. The monoisotopic (exact) mass is 405 g/mol. The largest absolute Gasteiger partial charge is 0.332 e. The predicted molar refractivity (Wildman–Crippen MR) is 121 cm³/mol. The van der Waals surface area contributed by atoms with Gasteiger partial charge in [-0.05, 0) is 30.5 Å². The maximum atomic E-state index is 13.5. The third-order valence-corrected chi connectivity index (χ3v) is 5.38. The van der Waals surface area contributed by atoms with Crippen LogP contribution in [0.5, 0.6) is 0 Å². The molecule has 3 rings (SSSR count). The van der Waals surface area contributed by atoms with E-state index in [4.69, 9.17) is 4.98 Å². The molecule has 1 atom stereocenters. The number of rotatable bonds is 8. The summed E-state index contributed by atoms with van der Waals surface area (Å²) in [5.74, 6) is 0.644. The van der Waals surface area contributed by atoms with Gasteiger partial charge in [-0.2, -0.15) is 0 Å². The summed E-state index contributed by atoms with van der Waals surface area (Å²) in [7, 11) is 0. The van der Waals surface area contributed by atoms with Gasteiger partial charge in [-0.15, -0.1) is 0 Å². The van der Waals surface area contributed by atoms with Gasteiger partial charge < -0.3 is 4.90 Å². The van der Waals surface area contributed by atoms with Gasteiger partial charge >= 0.3 is 0 Å². The van der Waals surface area contributed by atoms with Crippen molar-refractivity contribution < 1.29 is 4.79 Å². The van der Waals surface area contributed by atoms with Gasteiger partial charge in [0.25, 0.3) is 5.56 Å². The summed E-state index contributed by atoms with van der Waals surface area (Å²) in [5.41, 5.74) is 1.64. The van der Waals surface area contributed by atoms with Crippen LogP contribution in [0.15, 0.2) is 59.4 Å². The highest BCUT2D eigenvalue weighted by Crippen LogP contribution is 2.26. The van der Waals surface area contributed by atoms with E-state index in [2.05, 4.69) is 13.8 Å². The summed E-state index contributed by atoms with van der Waals surface area (Å²) in [6, 6.07) is 17.1. The molecule has 158 valence electrons. The molecule has 0 spiro atoms. The standard InChI is InChI=1S/C25H31N3O2/c1-5-16-27(24(29)18(3)4)22(6-2)23-26-21-15-11-10-14-20(21)25(30)28(23)17-19-12-8-7-9-13-19/h7-15,18,22H,5-6,16-17H2,1-4H3. The summed E-state index contributed by atoms with van der Waals surface area (Å²) in [5, 5.41) is 0.601. The first-order chi connectivity index (χ1) is 14.5. The van der Waals surface area contributed by atoms with Crippen molar-refractivity contribution in [1.82, 2.24) is 14.5 Å². The average Bonchev–Trinajstić information content (AvgIpc) is 2.76. The maximum absolute atomic E-state index is 13.5. The van der Waals surface area contributed by atoms with Crippen molar-refractivity contribution >= 4 is 16.8 Å². The van der Waals surface area contributed by atoms with Crippen LogP contribution in [0.3, 0.4) is 0 Å². The zero-order valence-corrected chi connectivity index (χ0v) is 18.3. The molecule has 0 fully saturated rings. The molecule has 1 aromatic heterocycles. The minimum absolute atomic E-state index is 0.0636. The number of nitrogens with zero attached hydrogens (tertiary/aromatic N) is 3. The number of amides is 1. The van der Waals surface area contributed by atoms with Crippen molar-refractivity contribution in [3.63, 3.8) is 0 Å². The molecule has 3 aromatic rings. The number of fused-ring (bicyclic) bond motifs is 1. The third-order valence-electron chi connectivity index (χ3n) is 5.38. The lowest BCUT2D eigenvalue weighted by molar-refractivity contribution is -0.137. The number of para-hydroxylation sites is 1. The molecular formula is C25H31N3O2. The lowest BCUT2D eigenvalue weighted by Crippen LogP contribution is -2.41. The summed E-state index contributed by atoms with van der Waals surface area (Å²) in [6.07, 6.45) is 1.55. The third kappa shape index (κ3) is 4.45. The fraction of sp³-hybridized carbons (Fsp3) is 0.400. The topological polar surface area (TPSA) is 55.2 Å². The lowest BCUT2D eigenvalue weighted by Gasteiger charge is -2.33. The smallest absolute Gasteiger partial charge is 0.261 e. The minimum Gasteiger partial charge on any atom is -0.332 e. The van der Waals surface area contributed by atoms with E-state index >= 15 is 0 Å². The lowest BCUT2D eigenvalue weighted by atomic mass is 10.1. The summed E-state index contributed by atoms with van der Waals surface area (Å²) in [6.45, 7) is 9.03. The van der Waals surface area contributed by atoms with E-state index in [0.717, 1.165) is 12.0 Å². The number of benzene rings is 2. The van der Waals surface area contributed by atoms with Crippen LogP contribution in [0.2, 0.25) is 0 Å². The van der Waals surface area contributed by atoms with Gasteiger partial charge in [-0.25, -0.2) is 4.98 Å². The first-order valence-corrected chi connectivity index (χ1v) is 10.8. The Bertz CT molecular complexity index is 1060. The molecule has 1 unspecified atom stereocenters. The zero-order chi connectivity index (χ0) is 21.7. The zero-order valence-electron chi connectivity index (χ0n) is 18.3. The molecule has 0 aliphatic rings. The fourth-order valence-corrected chi connectivity index (χ4v) is 3.89. The van der Waals surface area contributed by atoms with E-state index in [1.165, 1.54) is 0 Å². The van der Waals surface area contributed by atoms with Crippen LogP contribution in [0.1, 0.15) is 58.0 Å². The van der Waals surface area contributed by atoms with E-state index in [-0.39, 0.29) is 23.4 Å². The molecule has 0 aliphatic heterocycles. The average molecular weight is 406 g/mol. The molecule has 0 aliphatic carbocycles. The second-order valence-electron chi connectivity index (χ2n) is 7.97. The highest BCUT2D eigenvalue weighted by Gasteiger charge is 2.29. The molecule has 1 heterocycles. The second-order valence-corrected chi connectivity index (χ2v) is 7.97. The van der Waals surface area contributed by atoms with Gasteiger partial charge in [0, 0.05) is 12.5 Å². The Balaban J connectivity index is 2.21. The van der Waals surface area contributed by atoms with Gasteiger partial charge in [0.05, 0.1) is 23.5 Å². The highest BCUT2D eigenvalue weighted by molar-refractivity contribution is 5.79. The molecule has 5 heteroatoms. The van der Waals surface area contributed by atoms with E-state index in [1.54, 1.807) is 4.57 Å². The summed E-state index contributed by atoms with van der Waals surface area (Å²) >= 11 is 0. The van der Waals surface area contributed by atoms with Crippen molar-refractivity contribution in [3.8, 4) is 0 Å². The number of hydrogen-bond acceptors (Lipinski definition) is 3. The second kappa shape index (κ2) is 9.70. The maximum Gasteiger partial charge on any atom is 0.261 e. The Kier molecular flexibility index (Phi) is 7.03. The van der Waals surface area contributed by atoms with Gasteiger partial charge in [0.2, 0.25) is 5.91 Å². The Morgan fingerprint density at radius 2 is 1.70 bits per heavy atom. The molecule has 0 bridgehead atoms. The quantitative estimate of drug-likeness (QED) is 0.541. The van der Waals surface area contributed by atoms with E-state index in [1.807, 2.05) is 73.3 Å². The van der Waals surface area contributed by atoms with E-state index in [9.17, 15) is 9.59 Å². The summed E-state index contributed by atoms with van der Waals surface area (Å²) in [4.78, 5) is 33.3. The minimum atomic E-state index is -0.249. The molecule has 0 saturated heterocycles. The van der Waals surface area contributed by atoms with Gasteiger partial charge in [0.1, 0.15) is 5.82 Å². The molecule has 0 N–H and O–H groups in total. The van der Waals surface area contributed by atoms with Crippen molar-refractivity contribution in [1.29, 1.82) is 0 Å². The van der Waals surface area contributed by atoms with Crippen LogP contribution >= 0.6 is 0 Å². The Morgan fingerprint density at radius 3 is 2.33 bits per heavy atom. The van der Waals surface area contributed by atoms with Gasteiger partial charge in [-0.3, -0.25) is 14.2 Å². The van der Waals surface area contributed by atoms with Crippen LogP contribution in [0, 0.1) is 5.92 Å². The highest BCUT2D eigenvalue weighted by atomic mass is 16.2. The first-order valence-electron chi connectivity index (χ1n) is 10.8. The molecule has 0 saturated carbocycles. The number of hydrogen-bond donors (Lipinski definition) is 0. The fourth-order valence-electron chi connectivity index (χ4n) is 3.89. The van der Waals surface area contributed by atoms with Crippen molar-refractivity contribution in [3.05, 3.63) is 76.3 Å². The van der Waals surface area contributed by atoms with Crippen molar-refractivity contribution in [2.24, 2.45) is 5.92 Å². The Morgan fingerprint density at radius 1 is 1.03 bits per heavy atom. The van der Waals surface area contributed by atoms with Gasteiger partial charge in [-0.1, -0.05) is 70.2 Å². The van der Waals surface area contributed by atoms with Crippen LogP contribution in [-0.4, -0.2) is 26.9 Å². The molecule has 5 nitrogen and oxygen atoms in total. The molecule has 30 heavy (non-hydrogen) atoms. The van der Waals surface area contributed by atoms with Gasteiger partial charge in [0.15, 0.2) is 0 Å². The number of carbonyl (C=O) groups is 1. The Labute approximate surface area is 178 Å². The molecule has 1 amide bonds. The first kappa shape index (κ1) is 21.8. The predicted octanol–water partition coefficient (Wildman–Crippen LogP) is 4.79. The summed E-state index contributed by atoms with van der Waals surface area (Å²) < 4.78 is 1.75. The van der Waals surface area contributed by atoms with Crippen LogP contribution in [0.25, 0.3) is 10.9 Å². The molecule has 2 aromatic carbocycles. The number of carbonyl (C=O) groups excluding carboxylic acids is 1. The van der Waals surface area contributed by atoms with Crippen molar-refractivity contribution in [2.75, 3.05) is 6.54 Å². The number of aromatic nitrogens is 2. The van der Waals surface area contributed by atoms with Crippen LogP contribution in [0.4, 0.5) is 0 Å². The Hall–Kier alpha value is -2.95. The normalized spacial score (nSPS) is 12.3. The van der Waals surface area contributed by atoms with E-state index < -0.39 is 0 Å². The molecule has 0 radical (unpaired) electrons. The van der Waals surface area contributed by atoms with Crippen LogP contribution in [-0.2, 0) is 11.3 Å².